The highest BCUT2D eigenvalue weighted by molar-refractivity contribution is 9.10. The average Bonchev–Trinajstić information content (AvgIpc) is 3.10. The molecule has 3 nitrogen and oxygen atoms in total. The first-order chi connectivity index (χ1) is 7.72. The van der Waals surface area contributed by atoms with E-state index in [-0.39, 0.29) is 18.3 Å². The highest BCUT2D eigenvalue weighted by Gasteiger charge is 2.29. The number of carbonyl (C=O) groups is 1. The summed E-state index contributed by atoms with van der Waals surface area (Å²) >= 11 is 3.37. The number of para-hydroxylation sites is 1. The Balaban J connectivity index is 2.04. The zero-order chi connectivity index (χ0) is 11.5. The number of halogens is 1. The number of rotatable bonds is 5. The lowest BCUT2D eigenvalue weighted by Gasteiger charge is -2.11. The molecule has 86 valence electrons. The Bertz CT molecular complexity index is 399. The number of Topliss-reactive ketones (excluding diaryl/α,β-unsaturated/α-hetero) is 1. The van der Waals surface area contributed by atoms with Gasteiger partial charge >= 0.3 is 0 Å². The summed E-state index contributed by atoms with van der Waals surface area (Å²) in [4.78, 5) is 11.5. The third-order valence-electron chi connectivity index (χ3n) is 2.54. The van der Waals surface area contributed by atoms with Crippen molar-refractivity contribution in [3.8, 4) is 11.5 Å². The van der Waals surface area contributed by atoms with E-state index in [2.05, 4.69) is 15.9 Å². The molecule has 0 saturated heterocycles. The van der Waals surface area contributed by atoms with Gasteiger partial charge in [0.05, 0.1) is 11.6 Å². The van der Waals surface area contributed by atoms with Crippen LogP contribution in [0.4, 0.5) is 0 Å². The topological polar surface area (TPSA) is 35.5 Å². The van der Waals surface area contributed by atoms with E-state index in [1.54, 1.807) is 7.11 Å². The van der Waals surface area contributed by atoms with E-state index in [0.717, 1.165) is 17.3 Å². The summed E-state index contributed by atoms with van der Waals surface area (Å²) in [5.41, 5.74) is 0. The predicted molar refractivity (Wildman–Crippen MR) is 63.9 cm³/mol. The fourth-order valence-corrected chi connectivity index (χ4v) is 1.92. The summed E-state index contributed by atoms with van der Waals surface area (Å²) in [5, 5.41) is 0. The Morgan fingerprint density at radius 2 is 2.25 bits per heavy atom. The van der Waals surface area contributed by atoms with Gasteiger partial charge in [0.1, 0.15) is 6.61 Å². The Morgan fingerprint density at radius 1 is 1.50 bits per heavy atom. The van der Waals surface area contributed by atoms with Crippen molar-refractivity contribution in [2.45, 2.75) is 12.8 Å². The lowest BCUT2D eigenvalue weighted by atomic mass is 10.3. The average molecular weight is 285 g/mol. The SMILES string of the molecule is COc1cccc(Br)c1OCC(=O)C1CC1. The number of ether oxygens (including phenoxy) is 2. The first-order valence-electron chi connectivity index (χ1n) is 5.20. The first-order valence-corrected chi connectivity index (χ1v) is 5.99. The van der Waals surface area contributed by atoms with E-state index < -0.39 is 0 Å². The fraction of sp³-hybridized carbons (Fsp3) is 0.417. The van der Waals surface area contributed by atoms with Crippen LogP contribution < -0.4 is 9.47 Å². The van der Waals surface area contributed by atoms with E-state index in [4.69, 9.17) is 9.47 Å². The number of hydrogen-bond donors (Lipinski definition) is 0. The monoisotopic (exact) mass is 284 g/mol. The second-order valence-electron chi connectivity index (χ2n) is 3.80. The van der Waals surface area contributed by atoms with Crippen LogP contribution in [-0.2, 0) is 4.79 Å². The number of hydrogen-bond acceptors (Lipinski definition) is 3. The molecule has 0 atom stereocenters. The Hall–Kier alpha value is -1.03. The number of ketones is 1. The molecule has 1 aromatic carbocycles. The van der Waals surface area contributed by atoms with Crippen molar-refractivity contribution in [1.29, 1.82) is 0 Å². The Kier molecular flexibility index (Phi) is 3.49. The lowest BCUT2D eigenvalue weighted by molar-refractivity contribution is -0.122. The Labute approximate surface area is 103 Å². The zero-order valence-electron chi connectivity index (χ0n) is 9.03. The van der Waals surface area contributed by atoms with Gasteiger partial charge in [-0.2, -0.15) is 0 Å². The van der Waals surface area contributed by atoms with Crippen LogP contribution in [0.1, 0.15) is 12.8 Å². The Morgan fingerprint density at radius 3 is 2.88 bits per heavy atom. The molecule has 1 aromatic rings. The molecule has 0 spiro atoms. The van der Waals surface area contributed by atoms with Crippen molar-refractivity contribution in [1.82, 2.24) is 0 Å². The number of carbonyl (C=O) groups excluding carboxylic acids is 1. The standard InChI is InChI=1S/C12H13BrO3/c1-15-11-4-2-3-9(13)12(11)16-7-10(14)8-5-6-8/h2-4,8H,5-7H2,1H3. The quantitative estimate of drug-likeness (QED) is 0.834. The highest BCUT2D eigenvalue weighted by Crippen LogP contribution is 2.36. The van der Waals surface area contributed by atoms with E-state index in [1.165, 1.54) is 0 Å². The zero-order valence-corrected chi connectivity index (χ0v) is 10.6. The summed E-state index contributed by atoms with van der Waals surface area (Å²) in [7, 11) is 1.58. The van der Waals surface area contributed by atoms with Gasteiger partial charge in [-0.25, -0.2) is 0 Å². The summed E-state index contributed by atoms with van der Waals surface area (Å²) in [6.45, 7) is 0.129. The first kappa shape index (κ1) is 11.5. The van der Waals surface area contributed by atoms with Crippen molar-refractivity contribution in [2.75, 3.05) is 13.7 Å². The fourth-order valence-electron chi connectivity index (χ4n) is 1.46. The summed E-state index contributed by atoms with van der Waals surface area (Å²) in [6.07, 6.45) is 2.02. The molecule has 1 aliphatic carbocycles. The molecule has 0 bridgehead atoms. The van der Waals surface area contributed by atoms with E-state index in [1.807, 2.05) is 18.2 Å². The van der Waals surface area contributed by atoms with Crippen LogP contribution in [0, 0.1) is 5.92 Å². The molecule has 0 N–H and O–H groups in total. The third-order valence-corrected chi connectivity index (χ3v) is 3.17. The molecule has 0 aliphatic heterocycles. The predicted octanol–water partition coefficient (Wildman–Crippen LogP) is 2.82. The van der Waals surface area contributed by atoms with Gasteiger partial charge in [0.2, 0.25) is 0 Å². The minimum atomic E-state index is 0.129. The van der Waals surface area contributed by atoms with Gasteiger partial charge in [-0.15, -0.1) is 0 Å². The number of methoxy groups -OCH3 is 1. The van der Waals surface area contributed by atoms with Crippen LogP contribution >= 0.6 is 15.9 Å². The molecule has 0 radical (unpaired) electrons. The normalized spacial score (nSPS) is 14.6. The molecule has 0 heterocycles. The minimum Gasteiger partial charge on any atom is -0.493 e. The van der Waals surface area contributed by atoms with Crippen molar-refractivity contribution in [3.63, 3.8) is 0 Å². The van der Waals surface area contributed by atoms with Crippen LogP contribution in [0.3, 0.4) is 0 Å². The van der Waals surface area contributed by atoms with Crippen LogP contribution in [-0.4, -0.2) is 19.5 Å². The largest absolute Gasteiger partial charge is 0.493 e. The van der Waals surface area contributed by atoms with Crippen molar-refractivity contribution >= 4 is 21.7 Å². The molecule has 0 aromatic heterocycles. The van der Waals surface area contributed by atoms with Gasteiger partial charge in [-0.3, -0.25) is 4.79 Å². The van der Waals surface area contributed by atoms with Gasteiger partial charge < -0.3 is 9.47 Å². The molecule has 1 fully saturated rings. The molecular weight excluding hydrogens is 272 g/mol. The summed E-state index contributed by atoms with van der Waals surface area (Å²) < 4.78 is 11.5. The summed E-state index contributed by atoms with van der Waals surface area (Å²) in [5.74, 6) is 1.64. The molecule has 2 rings (SSSR count). The molecule has 0 amide bonds. The minimum absolute atomic E-state index is 0.129. The van der Waals surface area contributed by atoms with E-state index in [9.17, 15) is 4.79 Å². The van der Waals surface area contributed by atoms with Crippen molar-refractivity contribution in [2.24, 2.45) is 5.92 Å². The second kappa shape index (κ2) is 4.87. The maximum atomic E-state index is 11.5. The van der Waals surface area contributed by atoms with E-state index >= 15 is 0 Å². The molecule has 1 aliphatic rings. The van der Waals surface area contributed by atoms with Crippen LogP contribution in [0.5, 0.6) is 11.5 Å². The number of benzene rings is 1. The maximum Gasteiger partial charge on any atom is 0.175 e. The maximum absolute atomic E-state index is 11.5. The van der Waals surface area contributed by atoms with Crippen molar-refractivity contribution in [3.05, 3.63) is 22.7 Å². The molecule has 0 unspecified atom stereocenters. The highest BCUT2D eigenvalue weighted by atomic mass is 79.9. The molecule has 4 heteroatoms. The van der Waals surface area contributed by atoms with Gasteiger partial charge in [0.25, 0.3) is 0 Å². The molecular formula is C12H13BrO3. The lowest BCUT2D eigenvalue weighted by Crippen LogP contribution is -2.13. The van der Waals surface area contributed by atoms with Gasteiger partial charge in [0, 0.05) is 5.92 Å². The van der Waals surface area contributed by atoms with Crippen molar-refractivity contribution < 1.29 is 14.3 Å². The van der Waals surface area contributed by atoms with Crippen LogP contribution in [0.25, 0.3) is 0 Å². The van der Waals surface area contributed by atoms with E-state index in [0.29, 0.717) is 11.5 Å². The second-order valence-corrected chi connectivity index (χ2v) is 4.65. The van der Waals surface area contributed by atoms with Gasteiger partial charge in [-0.05, 0) is 40.9 Å². The summed E-state index contributed by atoms with van der Waals surface area (Å²) in [6, 6.07) is 5.53. The molecule has 1 saturated carbocycles. The van der Waals surface area contributed by atoms with Gasteiger partial charge in [-0.1, -0.05) is 6.07 Å². The van der Waals surface area contributed by atoms with Crippen LogP contribution in [0.15, 0.2) is 22.7 Å². The van der Waals surface area contributed by atoms with Gasteiger partial charge in [0.15, 0.2) is 17.3 Å². The van der Waals surface area contributed by atoms with Crippen LogP contribution in [0.2, 0.25) is 0 Å². The molecule has 16 heavy (non-hydrogen) atoms. The smallest absolute Gasteiger partial charge is 0.175 e. The third kappa shape index (κ3) is 2.55.